The summed E-state index contributed by atoms with van der Waals surface area (Å²) in [5, 5.41) is 9.12. The van der Waals surface area contributed by atoms with Gasteiger partial charge in [-0.3, -0.25) is 19.2 Å². The summed E-state index contributed by atoms with van der Waals surface area (Å²) < 4.78 is 1.11. The number of anilines is 2. The van der Waals surface area contributed by atoms with E-state index >= 15 is 0 Å². The van der Waals surface area contributed by atoms with Gasteiger partial charge in [0.1, 0.15) is 0 Å². The molecule has 0 unspecified atom stereocenters. The van der Waals surface area contributed by atoms with Crippen LogP contribution in [0.2, 0.25) is 0 Å². The van der Waals surface area contributed by atoms with Gasteiger partial charge in [0.2, 0.25) is 5.91 Å². The van der Waals surface area contributed by atoms with Crippen molar-refractivity contribution in [2.45, 2.75) is 170 Å². The van der Waals surface area contributed by atoms with Crippen LogP contribution >= 0.6 is 22.7 Å². The molecular formula is C76H100N6O4S2. The Labute approximate surface area is 535 Å². The molecule has 4 heterocycles. The summed E-state index contributed by atoms with van der Waals surface area (Å²) in [6, 6.07) is 46.9. The molecule has 0 spiro atoms. The molecule has 7 aromatic rings. The Balaban J connectivity index is 0.000000241. The average Bonchev–Trinajstić information content (AvgIpc) is 4.33. The number of carbonyl (C=O) groups excluding carboxylic acids is 4. The summed E-state index contributed by atoms with van der Waals surface area (Å²) >= 11 is 3.10. The summed E-state index contributed by atoms with van der Waals surface area (Å²) in [4.78, 5) is 64.4. The molecule has 10 nitrogen and oxygen atoms in total. The molecule has 470 valence electrons. The molecule has 4 amide bonds. The van der Waals surface area contributed by atoms with Crippen molar-refractivity contribution in [3.05, 3.63) is 201 Å². The highest BCUT2D eigenvalue weighted by molar-refractivity contribution is 7.20. The van der Waals surface area contributed by atoms with Crippen molar-refractivity contribution in [3.63, 3.8) is 0 Å². The maximum Gasteiger partial charge on any atom is 0.265 e. The first kappa shape index (κ1) is 68.8. The van der Waals surface area contributed by atoms with Crippen LogP contribution in [0.1, 0.15) is 183 Å². The van der Waals surface area contributed by atoms with Gasteiger partial charge in [0.15, 0.2) is 0 Å². The van der Waals surface area contributed by atoms with Gasteiger partial charge in [-0.15, -0.1) is 29.3 Å². The normalized spacial score (nSPS) is 14.0. The van der Waals surface area contributed by atoms with Crippen LogP contribution in [0.15, 0.2) is 158 Å². The van der Waals surface area contributed by atoms with E-state index in [1.54, 1.807) is 17.4 Å². The van der Waals surface area contributed by atoms with Crippen molar-refractivity contribution >= 4 is 67.8 Å². The van der Waals surface area contributed by atoms with Crippen molar-refractivity contribution < 1.29 is 19.2 Å². The highest BCUT2D eigenvalue weighted by atomic mass is 32.1. The quantitative estimate of drug-likeness (QED) is 0.0393. The van der Waals surface area contributed by atoms with Crippen LogP contribution in [0, 0.1) is 11.8 Å². The van der Waals surface area contributed by atoms with Crippen LogP contribution in [-0.4, -0.2) is 94.6 Å². The van der Waals surface area contributed by atoms with Gasteiger partial charge >= 0.3 is 0 Å². The molecule has 12 heteroatoms. The largest absolute Gasteiger partial charge is 0.331 e. The van der Waals surface area contributed by atoms with Gasteiger partial charge in [0.05, 0.1) is 11.3 Å². The second kappa shape index (κ2) is 36.7. The summed E-state index contributed by atoms with van der Waals surface area (Å²) in [7, 11) is 0. The zero-order valence-electron chi connectivity index (χ0n) is 54.0. The number of likely N-dealkylation sites (tertiary alicyclic amines) is 2. The lowest BCUT2D eigenvalue weighted by molar-refractivity contribution is -0.115. The zero-order valence-corrected chi connectivity index (χ0v) is 55.6. The maximum absolute atomic E-state index is 14.0. The van der Waals surface area contributed by atoms with E-state index in [0.29, 0.717) is 36.2 Å². The summed E-state index contributed by atoms with van der Waals surface area (Å²) in [5.74, 6) is 1.51. The first-order valence-corrected chi connectivity index (χ1v) is 34.5. The van der Waals surface area contributed by atoms with Gasteiger partial charge in [-0.1, -0.05) is 146 Å². The monoisotopic (exact) mass is 1220 g/mol. The molecule has 0 atom stereocenters. The Kier molecular flexibility index (Phi) is 28.7. The van der Waals surface area contributed by atoms with E-state index in [-0.39, 0.29) is 35.7 Å². The molecule has 0 saturated carbocycles. The number of fused-ring (bicyclic) bond motifs is 1. The highest BCUT2D eigenvalue weighted by Crippen LogP contribution is 2.29. The number of unbranched alkanes of at least 4 members (excludes halogenated alkanes) is 4. The van der Waals surface area contributed by atoms with Crippen LogP contribution in [0.3, 0.4) is 0 Å². The highest BCUT2D eigenvalue weighted by Gasteiger charge is 2.31. The van der Waals surface area contributed by atoms with Crippen LogP contribution in [0.25, 0.3) is 10.1 Å². The molecule has 0 bridgehead atoms. The van der Waals surface area contributed by atoms with Gasteiger partial charge in [0, 0.05) is 83.4 Å². The zero-order chi connectivity index (χ0) is 62.6. The van der Waals surface area contributed by atoms with Crippen LogP contribution in [-0.2, 0) is 37.1 Å². The third kappa shape index (κ3) is 22.4. The molecule has 88 heavy (non-hydrogen) atoms. The fraction of sp³-hybridized carbons (Fsp3) is 0.447. The van der Waals surface area contributed by atoms with E-state index < -0.39 is 0 Å². The lowest BCUT2D eigenvalue weighted by Crippen LogP contribution is -2.47. The van der Waals surface area contributed by atoms with Crippen LogP contribution in [0.5, 0.6) is 0 Å². The Morgan fingerprint density at radius 2 is 1.02 bits per heavy atom. The van der Waals surface area contributed by atoms with Crippen molar-refractivity contribution in [2.75, 3.05) is 49.9 Å². The number of thiophene rings is 2. The lowest BCUT2D eigenvalue weighted by Gasteiger charge is -2.39. The van der Waals surface area contributed by atoms with Crippen molar-refractivity contribution in [1.29, 1.82) is 0 Å². The Bertz CT molecular complexity index is 3140. The smallest absolute Gasteiger partial charge is 0.265 e. The van der Waals surface area contributed by atoms with E-state index in [1.807, 2.05) is 128 Å². The van der Waals surface area contributed by atoms with E-state index in [0.717, 1.165) is 126 Å². The van der Waals surface area contributed by atoms with E-state index in [2.05, 4.69) is 103 Å². The Hall–Kier alpha value is -6.70. The Morgan fingerprint density at radius 3 is 1.44 bits per heavy atom. The molecule has 0 aliphatic carbocycles. The number of aryl methyl sites for hydroxylation is 2. The number of amides is 4. The molecular weight excluding hydrogens is 1130 g/mol. The summed E-state index contributed by atoms with van der Waals surface area (Å²) in [5.41, 5.74) is 7.81. The van der Waals surface area contributed by atoms with Gasteiger partial charge in [-0.2, -0.15) is 0 Å². The Morgan fingerprint density at radius 1 is 0.580 bits per heavy atom. The maximum atomic E-state index is 14.0. The van der Waals surface area contributed by atoms with Gasteiger partial charge in [-0.05, 0) is 196 Å². The van der Waals surface area contributed by atoms with Gasteiger partial charge in [0.25, 0.3) is 17.7 Å². The van der Waals surface area contributed by atoms with E-state index in [4.69, 9.17) is 0 Å². The molecule has 2 saturated heterocycles. The number of piperidine rings is 2. The molecule has 2 aliphatic heterocycles. The van der Waals surface area contributed by atoms with E-state index in [1.165, 1.54) is 73.8 Å². The number of benzene rings is 5. The van der Waals surface area contributed by atoms with Crippen LogP contribution in [0.4, 0.5) is 11.4 Å². The van der Waals surface area contributed by atoms with E-state index in [9.17, 15) is 19.2 Å². The van der Waals surface area contributed by atoms with Crippen molar-refractivity contribution in [3.8, 4) is 0 Å². The predicted molar refractivity (Wildman–Crippen MR) is 372 cm³/mol. The number of carbonyl (C=O) groups is 4. The minimum Gasteiger partial charge on any atom is -0.331 e. The third-order valence-electron chi connectivity index (χ3n) is 16.8. The minimum atomic E-state index is -0.0990. The molecule has 2 aromatic heterocycles. The molecule has 9 rings (SSSR count). The number of hydrogen-bond donors (Lipinski definition) is 2. The standard InChI is InChI=1S/C38H47N3O2S.C35H47N3O2S.C3H6/c1-4-5-6-9-29-12-16-31(17-13-29)38(43)41(34-21-24-40(25-22-34)23-20-28(2)3)27-30-14-18-33(19-15-30)39-37(42)36-26-32-10-7-8-11-35(32)44-36;1-4-5-6-8-28-10-14-30(15-11-28)35(40)38(32-19-22-37(23-20-32)21-18-27(2)3)26-29-12-16-31(17-13-29)36-34(39)25-33-9-7-24-41-33;1-3-2/h7-8,10-19,26,28,34H,4-6,9,20-25,27H2,1-3H3,(H,39,42);7,9-17,24,27,32H,4-6,8,18-23,25-26H2,1-3H3,(H,36,39);3H,1H2,2H3. The number of rotatable bonds is 27. The molecule has 5 aromatic carbocycles. The molecule has 2 fully saturated rings. The van der Waals surface area contributed by atoms with Crippen molar-refractivity contribution in [2.24, 2.45) is 11.8 Å². The second-order valence-corrected chi connectivity index (χ2v) is 27.0. The fourth-order valence-corrected chi connectivity index (χ4v) is 13.1. The van der Waals surface area contributed by atoms with Gasteiger partial charge in [-0.25, -0.2) is 0 Å². The fourth-order valence-electron chi connectivity index (χ4n) is 11.5. The summed E-state index contributed by atoms with van der Waals surface area (Å²) in [6.07, 6.45) is 17.9. The number of nitrogens with one attached hydrogen (secondary N) is 2. The molecule has 2 aliphatic rings. The topological polar surface area (TPSA) is 105 Å². The predicted octanol–water partition coefficient (Wildman–Crippen LogP) is 18.0. The minimum absolute atomic E-state index is 0.0145. The van der Waals surface area contributed by atoms with Gasteiger partial charge < -0.3 is 30.2 Å². The number of nitrogens with zero attached hydrogens (tertiary/aromatic N) is 4. The SMILES string of the molecule is C=CC.CCCCCc1ccc(C(=O)N(Cc2ccc(NC(=O)Cc3cccs3)cc2)C2CCN(CCC(C)C)CC2)cc1.CCCCCc1ccc(C(=O)N(Cc2ccc(NC(=O)c3cc4ccccc4s3)cc2)C2CCN(CCC(C)C)CC2)cc1. The van der Waals surface area contributed by atoms with Crippen molar-refractivity contribution in [1.82, 2.24) is 19.6 Å². The number of allylic oxidation sites excluding steroid dienone is 1. The second-order valence-electron chi connectivity index (χ2n) is 24.9. The first-order chi connectivity index (χ1) is 42.7. The molecule has 0 radical (unpaired) electrons. The molecule has 2 N–H and O–H groups in total. The average molecular weight is 1230 g/mol. The number of hydrogen-bond acceptors (Lipinski definition) is 8. The lowest BCUT2D eigenvalue weighted by atomic mass is 9.99. The third-order valence-corrected chi connectivity index (χ3v) is 18.8. The first-order valence-electron chi connectivity index (χ1n) is 32.8. The summed E-state index contributed by atoms with van der Waals surface area (Å²) in [6.45, 7) is 26.3. The van der Waals surface area contributed by atoms with Crippen LogP contribution < -0.4 is 10.6 Å².